The van der Waals surface area contributed by atoms with E-state index in [4.69, 9.17) is 16.7 Å². The summed E-state index contributed by atoms with van der Waals surface area (Å²) >= 11 is 5.76. The van der Waals surface area contributed by atoms with Gasteiger partial charge in [-0.25, -0.2) is 9.18 Å². The molecule has 0 fully saturated rings. The lowest BCUT2D eigenvalue weighted by atomic mass is 10.0. The number of hydrogen-bond donors (Lipinski definition) is 2. The molecule has 5 heteroatoms. The number of aliphatic hydroxyl groups is 1. The minimum Gasteiger partial charge on any atom is -0.479 e. The van der Waals surface area contributed by atoms with Gasteiger partial charge in [0, 0.05) is 5.02 Å². The van der Waals surface area contributed by atoms with Crippen molar-refractivity contribution in [1.29, 1.82) is 0 Å². The average molecular weight is 233 g/mol. The van der Waals surface area contributed by atoms with Gasteiger partial charge in [0.15, 0.2) is 0 Å². The summed E-state index contributed by atoms with van der Waals surface area (Å²) in [6.07, 6.45) is -4.04. The second-order valence-electron chi connectivity index (χ2n) is 3.19. The highest BCUT2D eigenvalue weighted by atomic mass is 35.5. The molecule has 0 aliphatic rings. The number of aliphatic carboxylic acids is 1. The topological polar surface area (TPSA) is 57.5 Å². The molecule has 0 aliphatic carbocycles. The lowest BCUT2D eigenvalue weighted by molar-refractivity contribution is -0.147. The Morgan fingerprint density at radius 3 is 2.60 bits per heavy atom. The summed E-state index contributed by atoms with van der Waals surface area (Å²) in [5.41, 5.74) is 0.929. The molecule has 15 heavy (non-hydrogen) atoms. The highest BCUT2D eigenvalue weighted by molar-refractivity contribution is 6.31. The molecule has 82 valence electrons. The van der Waals surface area contributed by atoms with Crippen LogP contribution in [0.15, 0.2) is 18.2 Å². The molecule has 0 heterocycles. The Morgan fingerprint density at radius 2 is 2.13 bits per heavy atom. The zero-order chi connectivity index (χ0) is 11.6. The Hall–Kier alpha value is -1.13. The molecule has 0 amide bonds. The molecule has 2 atom stereocenters. The maximum absolute atomic E-state index is 12.9. The quantitative estimate of drug-likeness (QED) is 0.839. The number of hydrogen-bond acceptors (Lipinski definition) is 2. The van der Waals surface area contributed by atoms with Gasteiger partial charge in [-0.2, -0.15) is 0 Å². The lowest BCUT2D eigenvalue weighted by Gasteiger charge is -2.13. The van der Waals surface area contributed by atoms with Crippen LogP contribution in [0.2, 0.25) is 5.02 Å². The third kappa shape index (κ3) is 2.67. The van der Waals surface area contributed by atoms with Crippen LogP contribution in [0, 0.1) is 6.92 Å². The maximum Gasteiger partial charge on any atom is 0.341 e. The summed E-state index contributed by atoms with van der Waals surface area (Å²) in [4.78, 5) is 10.3. The van der Waals surface area contributed by atoms with Gasteiger partial charge in [-0.15, -0.1) is 0 Å². The molecule has 0 saturated carbocycles. The summed E-state index contributed by atoms with van der Waals surface area (Å²) < 4.78 is 12.9. The van der Waals surface area contributed by atoms with Gasteiger partial charge in [0.2, 0.25) is 6.17 Å². The van der Waals surface area contributed by atoms with E-state index in [1.807, 2.05) is 0 Å². The van der Waals surface area contributed by atoms with Gasteiger partial charge in [0.05, 0.1) is 0 Å². The van der Waals surface area contributed by atoms with E-state index in [0.29, 0.717) is 5.02 Å². The maximum atomic E-state index is 12.9. The van der Waals surface area contributed by atoms with Gasteiger partial charge < -0.3 is 10.2 Å². The van der Waals surface area contributed by atoms with Crippen LogP contribution >= 0.6 is 11.6 Å². The molecule has 1 aromatic rings. The standard InChI is InChI=1S/C10H10ClFO3/c1-5-2-3-6(4-7(5)11)9(13)8(12)10(14)15/h2-4,8-9,13H,1H3,(H,14,15). The summed E-state index contributed by atoms with van der Waals surface area (Å²) in [6, 6.07) is 4.40. The first-order valence-electron chi connectivity index (χ1n) is 4.24. The van der Waals surface area contributed by atoms with E-state index >= 15 is 0 Å². The first kappa shape index (κ1) is 11.9. The van der Waals surface area contributed by atoms with Crippen molar-refractivity contribution in [2.45, 2.75) is 19.2 Å². The number of rotatable bonds is 3. The van der Waals surface area contributed by atoms with Gasteiger partial charge in [-0.3, -0.25) is 0 Å². The molecule has 2 N–H and O–H groups in total. The molecule has 1 aromatic carbocycles. The minimum absolute atomic E-state index is 0.153. The molecular formula is C10H10ClFO3. The molecule has 0 aliphatic heterocycles. The zero-order valence-corrected chi connectivity index (χ0v) is 8.70. The molecule has 0 radical (unpaired) electrons. The monoisotopic (exact) mass is 232 g/mol. The van der Waals surface area contributed by atoms with Crippen LogP contribution < -0.4 is 0 Å². The van der Waals surface area contributed by atoms with Crippen molar-refractivity contribution in [3.8, 4) is 0 Å². The number of halogens is 2. The normalized spacial score (nSPS) is 14.7. The van der Waals surface area contributed by atoms with Gasteiger partial charge in [-0.05, 0) is 24.1 Å². The first-order chi connectivity index (χ1) is 6.93. The van der Waals surface area contributed by atoms with Crippen LogP contribution in [0.25, 0.3) is 0 Å². The summed E-state index contributed by atoms with van der Waals surface area (Å²) in [5.74, 6) is -1.70. The number of carboxylic acid groups (broad SMARTS) is 1. The number of carboxylic acids is 1. The van der Waals surface area contributed by atoms with E-state index in [9.17, 15) is 14.3 Å². The van der Waals surface area contributed by atoms with Crippen LogP contribution in [0.3, 0.4) is 0 Å². The van der Waals surface area contributed by atoms with Crippen molar-refractivity contribution in [2.75, 3.05) is 0 Å². The second kappa shape index (κ2) is 4.59. The van der Waals surface area contributed by atoms with Crippen LogP contribution in [0.1, 0.15) is 17.2 Å². The SMILES string of the molecule is Cc1ccc(C(O)C(F)C(=O)O)cc1Cl. The molecule has 1 rings (SSSR count). The van der Waals surface area contributed by atoms with E-state index < -0.39 is 18.2 Å². The van der Waals surface area contributed by atoms with Crippen molar-refractivity contribution in [3.63, 3.8) is 0 Å². The molecule has 3 nitrogen and oxygen atoms in total. The smallest absolute Gasteiger partial charge is 0.341 e. The summed E-state index contributed by atoms with van der Waals surface area (Å²) in [7, 11) is 0. The fourth-order valence-corrected chi connectivity index (χ4v) is 1.29. The number of aryl methyl sites for hydroxylation is 1. The molecule has 0 bridgehead atoms. The van der Waals surface area contributed by atoms with E-state index in [0.717, 1.165) is 5.56 Å². The average Bonchev–Trinajstić information content (AvgIpc) is 2.19. The summed E-state index contributed by atoms with van der Waals surface area (Å²) in [5, 5.41) is 18.1. The number of aliphatic hydroxyl groups excluding tert-OH is 1. The van der Waals surface area contributed by atoms with Crippen molar-refractivity contribution in [1.82, 2.24) is 0 Å². The predicted octanol–water partition coefficient (Wildman–Crippen LogP) is 2.10. The second-order valence-corrected chi connectivity index (χ2v) is 3.60. The number of alkyl halides is 1. The summed E-state index contributed by atoms with van der Waals surface area (Å²) in [6.45, 7) is 1.75. The van der Waals surface area contributed by atoms with Crippen LogP contribution in [-0.4, -0.2) is 22.4 Å². The highest BCUT2D eigenvalue weighted by Gasteiger charge is 2.27. The third-order valence-electron chi connectivity index (χ3n) is 2.05. The van der Waals surface area contributed by atoms with Gasteiger partial charge in [0.25, 0.3) is 0 Å². The highest BCUT2D eigenvalue weighted by Crippen LogP contribution is 2.24. The fraction of sp³-hybridized carbons (Fsp3) is 0.300. The molecule has 0 spiro atoms. The van der Waals surface area contributed by atoms with E-state index in [2.05, 4.69) is 0 Å². The Labute approximate surface area is 91.1 Å². The largest absolute Gasteiger partial charge is 0.479 e. The minimum atomic E-state index is -2.34. The van der Waals surface area contributed by atoms with E-state index in [-0.39, 0.29) is 5.56 Å². The number of benzene rings is 1. The first-order valence-corrected chi connectivity index (χ1v) is 4.62. The van der Waals surface area contributed by atoms with Crippen molar-refractivity contribution >= 4 is 17.6 Å². The molecular weight excluding hydrogens is 223 g/mol. The van der Waals surface area contributed by atoms with Crippen molar-refractivity contribution < 1.29 is 19.4 Å². The fourth-order valence-electron chi connectivity index (χ4n) is 1.10. The van der Waals surface area contributed by atoms with Gasteiger partial charge in [0.1, 0.15) is 6.10 Å². The van der Waals surface area contributed by atoms with Crippen molar-refractivity contribution in [2.24, 2.45) is 0 Å². The van der Waals surface area contributed by atoms with Gasteiger partial charge >= 0.3 is 5.97 Å². The molecule has 0 saturated heterocycles. The van der Waals surface area contributed by atoms with Crippen molar-refractivity contribution in [3.05, 3.63) is 34.3 Å². The lowest BCUT2D eigenvalue weighted by Crippen LogP contribution is -2.23. The Balaban J connectivity index is 2.96. The van der Waals surface area contributed by atoms with E-state index in [1.54, 1.807) is 13.0 Å². The van der Waals surface area contributed by atoms with Crippen LogP contribution in [-0.2, 0) is 4.79 Å². The molecule has 0 aromatic heterocycles. The Bertz CT molecular complexity index is 381. The van der Waals surface area contributed by atoms with E-state index in [1.165, 1.54) is 12.1 Å². The Kier molecular flexibility index (Phi) is 3.66. The van der Waals surface area contributed by atoms with Crippen LogP contribution in [0.5, 0.6) is 0 Å². The number of carbonyl (C=O) groups is 1. The van der Waals surface area contributed by atoms with Crippen LogP contribution in [0.4, 0.5) is 4.39 Å². The molecule has 2 unspecified atom stereocenters. The third-order valence-corrected chi connectivity index (χ3v) is 2.46. The van der Waals surface area contributed by atoms with Gasteiger partial charge in [-0.1, -0.05) is 23.7 Å². The zero-order valence-electron chi connectivity index (χ0n) is 7.95. The Morgan fingerprint density at radius 1 is 1.53 bits per heavy atom. The predicted molar refractivity (Wildman–Crippen MR) is 53.7 cm³/mol.